The van der Waals surface area contributed by atoms with Gasteiger partial charge in [-0.1, -0.05) is 35.1 Å². The van der Waals surface area contributed by atoms with Gasteiger partial charge in [-0.15, -0.1) is 11.3 Å². The summed E-state index contributed by atoms with van der Waals surface area (Å²) >= 11 is 9.34. The number of benzene rings is 1. The number of amides is 1. The number of aromatic nitrogens is 1. The summed E-state index contributed by atoms with van der Waals surface area (Å²) in [7, 11) is 1.64. The first-order valence-corrected chi connectivity index (χ1v) is 9.33. The number of thiophene rings is 1. The number of carbonyl (C=O) groups excluding carboxylic acids is 1. The molecule has 2 heterocycles. The minimum Gasteiger partial charge on any atom is -0.383 e. The second-order valence-corrected chi connectivity index (χ2v) is 7.31. The van der Waals surface area contributed by atoms with Crippen LogP contribution in [0.3, 0.4) is 0 Å². The largest absolute Gasteiger partial charge is 0.383 e. The number of halogens is 1. The fraction of sp³-hybridized carbons (Fsp3) is 0.176. The molecule has 0 atom stereocenters. The van der Waals surface area contributed by atoms with Gasteiger partial charge in [0, 0.05) is 24.6 Å². The molecule has 1 amide bonds. The Morgan fingerprint density at radius 2 is 2.25 bits per heavy atom. The summed E-state index contributed by atoms with van der Waals surface area (Å²) < 4.78 is 8.09. The maximum absolute atomic E-state index is 12.2. The lowest BCUT2D eigenvalue weighted by Gasteiger charge is -2.05. The highest BCUT2D eigenvalue weighted by Crippen LogP contribution is 2.25. The Labute approximate surface area is 152 Å². The van der Waals surface area contributed by atoms with Gasteiger partial charge in [0.1, 0.15) is 0 Å². The fourth-order valence-corrected chi connectivity index (χ4v) is 4.27. The van der Waals surface area contributed by atoms with Gasteiger partial charge in [0.2, 0.25) is 0 Å². The quantitative estimate of drug-likeness (QED) is 0.624. The summed E-state index contributed by atoms with van der Waals surface area (Å²) in [4.78, 5) is 18.1. The Hall–Kier alpha value is -1.73. The molecule has 0 unspecified atom stereocenters. The van der Waals surface area contributed by atoms with Crippen molar-refractivity contribution in [3.05, 3.63) is 56.5 Å². The third-order valence-corrected chi connectivity index (χ3v) is 5.50. The summed E-state index contributed by atoms with van der Waals surface area (Å²) in [5.41, 5.74) is 0.884. The molecule has 0 fully saturated rings. The molecule has 1 aromatic carbocycles. The van der Waals surface area contributed by atoms with E-state index >= 15 is 0 Å². The van der Waals surface area contributed by atoms with Gasteiger partial charge in [0.05, 0.1) is 21.8 Å². The molecule has 24 heavy (non-hydrogen) atoms. The second kappa shape index (κ2) is 7.90. The molecule has 3 aromatic rings. The third-order valence-electron chi connectivity index (χ3n) is 3.31. The second-order valence-electron chi connectivity index (χ2n) is 4.91. The third kappa shape index (κ3) is 3.84. The predicted octanol–water partition coefficient (Wildman–Crippen LogP) is 4.20. The van der Waals surface area contributed by atoms with Crippen LogP contribution < -0.4 is 4.80 Å². The molecule has 0 N–H and O–H groups in total. The van der Waals surface area contributed by atoms with Gasteiger partial charge in [-0.2, -0.15) is 4.99 Å². The number of nitrogens with zero attached hydrogens (tertiary/aromatic N) is 2. The molecule has 0 aliphatic rings. The van der Waals surface area contributed by atoms with E-state index in [1.54, 1.807) is 24.5 Å². The van der Waals surface area contributed by atoms with Crippen molar-refractivity contribution in [3.63, 3.8) is 0 Å². The molecule has 0 bridgehead atoms. The SMILES string of the molecule is COCCn1c(=NC(=O)/C=C/c2cccs2)sc2cccc(Cl)c21. The summed E-state index contributed by atoms with van der Waals surface area (Å²) in [5, 5.41) is 2.61. The normalized spacial score (nSPS) is 12.5. The van der Waals surface area contributed by atoms with E-state index in [2.05, 4.69) is 4.99 Å². The van der Waals surface area contributed by atoms with Crippen molar-refractivity contribution in [2.45, 2.75) is 6.54 Å². The van der Waals surface area contributed by atoms with Crippen LogP contribution in [-0.4, -0.2) is 24.2 Å². The summed E-state index contributed by atoms with van der Waals surface area (Å²) in [6.07, 6.45) is 3.26. The number of fused-ring (bicyclic) bond motifs is 1. The number of carbonyl (C=O) groups is 1. The first-order valence-electron chi connectivity index (χ1n) is 7.26. The van der Waals surface area contributed by atoms with Crippen molar-refractivity contribution in [1.29, 1.82) is 0 Å². The molecule has 0 aliphatic heterocycles. The standard InChI is InChI=1S/C17H15ClN2O2S2/c1-22-10-9-20-16-13(18)5-2-6-14(16)24-17(20)19-15(21)8-7-12-4-3-11-23-12/h2-8,11H,9-10H2,1H3/b8-7+,19-17?. The summed E-state index contributed by atoms with van der Waals surface area (Å²) in [5.74, 6) is -0.294. The first kappa shape index (κ1) is 17.1. The molecule has 0 saturated heterocycles. The highest BCUT2D eigenvalue weighted by atomic mass is 35.5. The molecule has 0 aliphatic carbocycles. The molecule has 3 rings (SSSR count). The van der Waals surface area contributed by atoms with Crippen LogP contribution in [-0.2, 0) is 16.1 Å². The Balaban J connectivity index is 2.00. The zero-order chi connectivity index (χ0) is 16.9. The van der Waals surface area contributed by atoms with Crippen LogP contribution in [0.25, 0.3) is 16.3 Å². The van der Waals surface area contributed by atoms with Gasteiger partial charge in [0.15, 0.2) is 4.80 Å². The van der Waals surface area contributed by atoms with Crippen LogP contribution in [0.1, 0.15) is 4.88 Å². The summed E-state index contributed by atoms with van der Waals surface area (Å²) in [6.45, 7) is 1.10. The lowest BCUT2D eigenvalue weighted by Crippen LogP contribution is -2.19. The lowest BCUT2D eigenvalue weighted by atomic mass is 10.3. The minimum atomic E-state index is -0.294. The maximum Gasteiger partial charge on any atom is 0.272 e. The van der Waals surface area contributed by atoms with Crippen molar-refractivity contribution in [3.8, 4) is 0 Å². The lowest BCUT2D eigenvalue weighted by molar-refractivity contribution is -0.113. The zero-order valence-electron chi connectivity index (χ0n) is 12.9. The number of ether oxygens (including phenoxy) is 1. The molecule has 0 radical (unpaired) electrons. The molecular formula is C17H15ClN2O2S2. The first-order chi connectivity index (χ1) is 11.7. The molecule has 124 valence electrons. The average Bonchev–Trinajstić information content (AvgIpc) is 3.19. The van der Waals surface area contributed by atoms with Gasteiger partial charge in [-0.05, 0) is 29.7 Å². The van der Waals surface area contributed by atoms with Crippen LogP contribution in [0.4, 0.5) is 0 Å². The number of rotatable bonds is 5. The van der Waals surface area contributed by atoms with Crippen molar-refractivity contribution in [2.75, 3.05) is 13.7 Å². The van der Waals surface area contributed by atoms with Crippen LogP contribution in [0.15, 0.2) is 46.8 Å². The van der Waals surface area contributed by atoms with Gasteiger partial charge in [0.25, 0.3) is 5.91 Å². The van der Waals surface area contributed by atoms with E-state index < -0.39 is 0 Å². The maximum atomic E-state index is 12.2. The van der Waals surface area contributed by atoms with E-state index in [1.807, 2.05) is 40.3 Å². The molecule has 7 heteroatoms. The molecule has 0 saturated carbocycles. The van der Waals surface area contributed by atoms with E-state index in [0.717, 1.165) is 15.1 Å². The van der Waals surface area contributed by atoms with Crippen LogP contribution >= 0.6 is 34.3 Å². The van der Waals surface area contributed by atoms with Crippen LogP contribution in [0, 0.1) is 0 Å². The Morgan fingerprint density at radius 3 is 3.00 bits per heavy atom. The van der Waals surface area contributed by atoms with Gasteiger partial charge >= 0.3 is 0 Å². The zero-order valence-corrected chi connectivity index (χ0v) is 15.3. The van der Waals surface area contributed by atoms with Crippen molar-refractivity contribution < 1.29 is 9.53 Å². The smallest absolute Gasteiger partial charge is 0.272 e. The molecule has 2 aromatic heterocycles. The summed E-state index contributed by atoms with van der Waals surface area (Å²) in [6, 6.07) is 9.59. The minimum absolute atomic E-state index is 0.294. The van der Waals surface area contributed by atoms with Gasteiger partial charge < -0.3 is 9.30 Å². The number of hydrogen-bond donors (Lipinski definition) is 0. The van der Waals surface area contributed by atoms with Crippen molar-refractivity contribution in [1.82, 2.24) is 4.57 Å². The van der Waals surface area contributed by atoms with Crippen LogP contribution in [0.2, 0.25) is 5.02 Å². The number of hydrogen-bond acceptors (Lipinski definition) is 4. The number of para-hydroxylation sites is 1. The molecule has 4 nitrogen and oxygen atoms in total. The molecular weight excluding hydrogens is 364 g/mol. The molecule has 0 spiro atoms. The Bertz CT molecular complexity index is 939. The Kier molecular flexibility index (Phi) is 5.63. The monoisotopic (exact) mass is 378 g/mol. The Morgan fingerprint density at radius 1 is 1.38 bits per heavy atom. The van der Waals surface area contributed by atoms with Crippen molar-refractivity contribution in [2.24, 2.45) is 4.99 Å². The topological polar surface area (TPSA) is 43.6 Å². The highest BCUT2D eigenvalue weighted by molar-refractivity contribution is 7.16. The van der Waals surface area contributed by atoms with E-state index in [9.17, 15) is 4.79 Å². The van der Waals surface area contributed by atoms with E-state index in [1.165, 1.54) is 17.4 Å². The van der Waals surface area contributed by atoms with Crippen LogP contribution in [0.5, 0.6) is 0 Å². The van der Waals surface area contributed by atoms with Gasteiger partial charge in [-0.25, -0.2) is 0 Å². The fourth-order valence-electron chi connectivity index (χ4n) is 2.23. The van der Waals surface area contributed by atoms with Crippen molar-refractivity contribution >= 4 is 56.5 Å². The van der Waals surface area contributed by atoms with E-state index in [-0.39, 0.29) is 5.91 Å². The average molecular weight is 379 g/mol. The van der Waals surface area contributed by atoms with E-state index in [4.69, 9.17) is 16.3 Å². The van der Waals surface area contributed by atoms with E-state index in [0.29, 0.717) is 23.0 Å². The van der Waals surface area contributed by atoms with Gasteiger partial charge in [-0.3, -0.25) is 4.79 Å². The number of methoxy groups -OCH3 is 1. The highest BCUT2D eigenvalue weighted by Gasteiger charge is 2.10. The predicted molar refractivity (Wildman–Crippen MR) is 101 cm³/mol. The number of thiazole rings is 1.